The third-order valence-electron chi connectivity index (χ3n) is 2.78. The fraction of sp³-hybridized carbons (Fsp3) is 0.0714. The largest absolute Gasteiger partial charge is 0.280 e. The van der Waals surface area contributed by atoms with Crippen molar-refractivity contribution in [2.45, 2.75) is 11.8 Å². The van der Waals surface area contributed by atoms with E-state index in [-0.39, 0.29) is 21.2 Å². The molecule has 0 amide bonds. The zero-order chi connectivity index (χ0) is 15.6. The van der Waals surface area contributed by atoms with Crippen molar-refractivity contribution in [3.63, 3.8) is 0 Å². The van der Waals surface area contributed by atoms with Gasteiger partial charge < -0.3 is 0 Å². The van der Waals surface area contributed by atoms with E-state index in [9.17, 15) is 12.8 Å². The lowest BCUT2D eigenvalue weighted by Crippen LogP contribution is -2.13. The van der Waals surface area contributed by atoms with Crippen LogP contribution in [0.25, 0.3) is 0 Å². The summed E-state index contributed by atoms with van der Waals surface area (Å²) in [5.41, 5.74) is 0.760. The van der Waals surface area contributed by atoms with Crippen LogP contribution in [0.3, 0.4) is 0 Å². The SMILES string of the molecule is Cc1cc(NS(=O)(=O)c2ccc(C#N)c(Cl)c2)ccc1F. The van der Waals surface area contributed by atoms with E-state index >= 15 is 0 Å². The summed E-state index contributed by atoms with van der Waals surface area (Å²) in [5.74, 6) is -0.417. The minimum Gasteiger partial charge on any atom is -0.280 e. The van der Waals surface area contributed by atoms with E-state index in [1.807, 2.05) is 6.07 Å². The molecule has 21 heavy (non-hydrogen) atoms. The lowest BCUT2D eigenvalue weighted by atomic mass is 10.2. The molecule has 0 radical (unpaired) electrons. The second-order valence-electron chi connectivity index (χ2n) is 4.32. The molecule has 0 bridgehead atoms. The van der Waals surface area contributed by atoms with Crippen LogP contribution >= 0.6 is 11.6 Å². The first-order chi connectivity index (χ1) is 9.83. The number of sulfonamides is 1. The summed E-state index contributed by atoms with van der Waals surface area (Å²) >= 11 is 5.82. The van der Waals surface area contributed by atoms with Gasteiger partial charge in [-0.05, 0) is 48.9 Å². The van der Waals surface area contributed by atoms with Crippen LogP contribution < -0.4 is 4.72 Å². The van der Waals surface area contributed by atoms with Crippen molar-refractivity contribution < 1.29 is 12.8 Å². The third kappa shape index (κ3) is 3.32. The van der Waals surface area contributed by atoms with Crippen molar-refractivity contribution >= 4 is 27.3 Å². The van der Waals surface area contributed by atoms with Gasteiger partial charge in [0.15, 0.2) is 0 Å². The lowest BCUT2D eigenvalue weighted by Gasteiger charge is -2.09. The number of hydrogen-bond acceptors (Lipinski definition) is 3. The molecule has 4 nitrogen and oxygen atoms in total. The fourth-order valence-electron chi connectivity index (χ4n) is 1.68. The number of nitrogens with one attached hydrogen (secondary N) is 1. The van der Waals surface area contributed by atoms with Crippen molar-refractivity contribution in [1.29, 1.82) is 5.26 Å². The second kappa shape index (κ2) is 5.72. The van der Waals surface area contributed by atoms with Crippen LogP contribution in [0.1, 0.15) is 11.1 Å². The molecule has 2 rings (SSSR count). The third-order valence-corrected chi connectivity index (χ3v) is 4.47. The number of halogens is 2. The molecule has 0 heterocycles. The molecule has 2 aromatic carbocycles. The van der Waals surface area contributed by atoms with Gasteiger partial charge in [-0.1, -0.05) is 11.6 Å². The van der Waals surface area contributed by atoms with E-state index in [0.717, 1.165) is 0 Å². The van der Waals surface area contributed by atoms with Crippen molar-refractivity contribution in [3.8, 4) is 6.07 Å². The van der Waals surface area contributed by atoms with Crippen LogP contribution in [0.4, 0.5) is 10.1 Å². The summed E-state index contributed by atoms with van der Waals surface area (Å²) < 4.78 is 39.9. The van der Waals surface area contributed by atoms with Crippen LogP contribution in [-0.2, 0) is 10.0 Å². The summed E-state index contributed by atoms with van der Waals surface area (Å²) in [4.78, 5) is -0.0755. The molecule has 0 spiro atoms. The number of nitriles is 1. The Morgan fingerprint density at radius 1 is 1.24 bits per heavy atom. The van der Waals surface area contributed by atoms with Gasteiger partial charge in [0.1, 0.15) is 11.9 Å². The Morgan fingerprint density at radius 2 is 1.95 bits per heavy atom. The van der Waals surface area contributed by atoms with Gasteiger partial charge in [-0.2, -0.15) is 5.26 Å². The number of benzene rings is 2. The topological polar surface area (TPSA) is 70.0 Å². The van der Waals surface area contributed by atoms with Crippen molar-refractivity contribution in [2.24, 2.45) is 0 Å². The molecule has 0 aliphatic rings. The molecule has 0 atom stereocenters. The van der Waals surface area contributed by atoms with Gasteiger partial charge in [-0.15, -0.1) is 0 Å². The first kappa shape index (κ1) is 15.3. The van der Waals surface area contributed by atoms with Crippen LogP contribution in [-0.4, -0.2) is 8.42 Å². The van der Waals surface area contributed by atoms with Crippen molar-refractivity contribution in [2.75, 3.05) is 4.72 Å². The predicted molar refractivity (Wildman–Crippen MR) is 78.1 cm³/mol. The van der Waals surface area contributed by atoms with Gasteiger partial charge in [0.05, 0.1) is 15.5 Å². The van der Waals surface area contributed by atoms with Gasteiger partial charge in [-0.25, -0.2) is 12.8 Å². The highest BCUT2D eigenvalue weighted by atomic mass is 35.5. The van der Waals surface area contributed by atoms with Gasteiger partial charge in [0.25, 0.3) is 10.0 Å². The number of rotatable bonds is 3. The Hall–Kier alpha value is -2.10. The Kier molecular flexibility index (Phi) is 4.16. The van der Waals surface area contributed by atoms with Crippen LogP contribution in [0.2, 0.25) is 5.02 Å². The highest BCUT2D eigenvalue weighted by Crippen LogP contribution is 2.23. The monoisotopic (exact) mass is 324 g/mol. The molecular formula is C14H10ClFN2O2S. The van der Waals surface area contributed by atoms with Crippen LogP contribution in [0, 0.1) is 24.1 Å². The first-order valence-corrected chi connectivity index (χ1v) is 7.68. The average Bonchev–Trinajstić information content (AvgIpc) is 2.42. The molecular weight excluding hydrogens is 315 g/mol. The Bertz CT molecular complexity index is 845. The maximum atomic E-state index is 13.2. The van der Waals surface area contributed by atoms with E-state index in [4.69, 9.17) is 16.9 Å². The smallest absolute Gasteiger partial charge is 0.261 e. The van der Waals surface area contributed by atoms with E-state index in [0.29, 0.717) is 5.56 Å². The zero-order valence-corrected chi connectivity index (χ0v) is 12.5. The van der Waals surface area contributed by atoms with Gasteiger partial charge in [0.2, 0.25) is 0 Å². The van der Waals surface area contributed by atoms with Gasteiger partial charge in [0, 0.05) is 5.69 Å². The number of aryl methyl sites for hydroxylation is 1. The molecule has 2 aromatic rings. The van der Waals surface area contributed by atoms with Crippen LogP contribution in [0.15, 0.2) is 41.3 Å². The van der Waals surface area contributed by atoms with Gasteiger partial charge in [-0.3, -0.25) is 4.72 Å². The maximum Gasteiger partial charge on any atom is 0.261 e. The van der Waals surface area contributed by atoms with E-state index in [1.54, 1.807) is 0 Å². The average molecular weight is 325 g/mol. The first-order valence-electron chi connectivity index (χ1n) is 5.82. The number of nitrogens with zero attached hydrogens (tertiary/aromatic N) is 1. The molecule has 0 saturated carbocycles. The molecule has 0 saturated heterocycles. The molecule has 0 aliphatic carbocycles. The molecule has 0 fully saturated rings. The summed E-state index contributed by atoms with van der Waals surface area (Å²) in [5, 5.41) is 8.82. The highest BCUT2D eigenvalue weighted by molar-refractivity contribution is 7.92. The minimum atomic E-state index is -3.86. The molecule has 108 valence electrons. The molecule has 0 aromatic heterocycles. The van der Waals surface area contributed by atoms with E-state index < -0.39 is 15.8 Å². The maximum absolute atomic E-state index is 13.2. The normalized spacial score (nSPS) is 11.0. The highest BCUT2D eigenvalue weighted by Gasteiger charge is 2.16. The standard InChI is InChI=1S/C14H10ClFN2O2S/c1-9-6-11(3-5-14(9)16)18-21(19,20)12-4-2-10(8-17)13(15)7-12/h2-7,18H,1H3. The summed E-state index contributed by atoms with van der Waals surface area (Å²) in [6.45, 7) is 1.53. The molecule has 0 aliphatic heterocycles. The summed E-state index contributed by atoms with van der Waals surface area (Å²) in [6.07, 6.45) is 0. The lowest BCUT2D eigenvalue weighted by molar-refractivity contribution is 0.601. The van der Waals surface area contributed by atoms with Crippen molar-refractivity contribution in [1.82, 2.24) is 0 Å². The van der Waals surface area contributed by atoms with Crippen molar-refractivity contribution in [3.05, 3.63) is 58.4 Å². The van der Waals surface area contributed by atoms with Gasteiger partial charge >= 0.3 is 0 Å². The zero-order valence-electron chi connectivity index (χ0n) is 10.9. The summed E-state index contributed by atoms with van der Waals surface area (Å²) in [7, 11) is -3.86. The Balaban J connectivity index is 2.36. The fourth-order valence-corrected chi connectivity index (χ4v) is 3.04. The quantitative estimate of drug-likeness (QED) is 0.940. The van der Waals surface area contributed by atoms with E-state index in [2.05, 4.69) is 4.72 Å². The Morgan fingerprint density at radius 3 is 2.52 bits per heavy atom. The second-order valence-corrected chi connectivity index (χ2v) is 6.41. The Labute approximate surface area is 126 Å². The van der Waals surface area contributed by atoms with E-state index in [1.165, 1.54) is 43.3 Å². The molecule has 0 unspecified atom stereocenters. The van der Waals surface area contributed by atoms with Crippen LogP contribution in [0.5, 0.6) is 0 Å². The number of hydrogen-bond donors (Lipinski definition) is 1. The molecule has 1 N–H and O–H groups in total. The predicted octanol–water partition coefficient (Wildman–Crippen LogP) is 3.46. The minimum absolute atomic E-state index is 0.0515. The molecule has 7 heteroatoms. The number of anilines is 1. The summed E-state index contributed by atoms with van der Waals surface area (Å²) in [6, 6.07) is 9.54.